The van der Waals surface area contributed by atoms with E-state index in [9.17, 15) is 19.5 Å². The molecule has 20 heavy (non-hydrogen) atoms. The number of aliphatic hydroxyl groups is 1. The van der Waals surface area contributed by atoms with Gasteiger partial charge in [-0.1, -0.05) is 0 Å². The molecular weight excluding hydrogens is 268 g/mol. The van der Waals surface area contributed by atoms with Gasteiger partial charge < -0.3 is 20.0 Å². The van der Waals surface area contributed by atoms with Crippen molar-refractivity contribution >= 4 is 23.2 Å². The number of esters is 1. The number of carbonyl (C=O) groups excluding carboxylic acids is 3. The number of nitrogens with one attached hydrogen (secondary N) is 1. The number of ketones is 2. The molecule has 106 valence electrons. The van der Waals surface area contributed by atoms with Crippen molar-refractivity contribution in [2.24, 2.45) is 5.84 Å². The number of rotatable bonds is 3. The Kier molecular flexibility index (Phi) is 3.20. The van der Waals surface area contributed by atoms with Crippen LogP contribution in [0.25, 0.3) is 0 Å². The van der Waals surface area contributed by atoms with Crippen molar-refractivity contribution in [1.82, 2.24) is 0 Å². The smallest absolute Gasteiger partial charge is 0.354 e. The Hall–Kier alpha value is -2.45. The van der Waals surface area contributed by atoms with Gasteiger partial charge in [-0.05, 0) is 12.1 Å². The molecule has 1 aliphatic rings. The summed E-state index contributed by atoms with van der Waals surface area (Å²) in [7, 11) is 2.31. The second-order valence-corrected chi connectivity index (χ2v) is 4.07. The number of hydrogen-bond acceptors (Lipinski definition) is 8. The maximum absolute atomic E-state index is 12.3. The van der Waals surface area contributed by atoms with Gasteiger partial charge in [-0.25, -0.2) is 4.79 Å². The van der Waals surface area contributed by atoms with Gasteiger partial charge in [-0.3, -0.25) is 15.4 Å². The first kappa shape index (κ1) is 14.0. The van der Waals surface area contributed by atoms with Gasteiger partial charge in [0.05, 0.1) is 19.8 Å². The van der Waals surface area contributed by atoms with Crippen LogP contribution >= 0.6 is 0 Å². The Morgan fingerprint density at radius 1 is 1.30 bits per heavy atom. The van der Waals surface area contributed by atoms with Gasteiger partial charge in [0.25, 0.3) is 5.60 Å². The minimum atomic E-state index is -2.88. The van der Waals surface area contributed by atoms with Gasteiger partial charge in [0, 0.05) is 5.56 Å². The van der Waals surface area contributed by atoms with Crippen molar-refractivity contribution in [3.8, 4) is 5.75 Å². The average molecular weight is 280 g/mol. The Morgan fingerprint density at radius 2 is 1.95 bits per heavy atom. The van der Waals surface area contributed by atoms with Crippen LogP contribution < -0.4 is 16.0 Å². The summed E-state index contributed by atoms with van der Waals surface area (Å²) < 4.78 is 9.32. The molecule has 4 N–H and O–H groups in total. The van der Waals surface area contributed by atoms with Crippen LogP contribution in [-0.4, -0.2) is 42.5 Å². The zero-order valence-electron chi connectivity index (χ0n) is 10.7. The van der Waals surface area contributed by atoms with Crippen LogP contribution in [0, 0.1) is 0 Å². The molecule has 1 aliphatic carbocycles. The zero-order valence-corrected chi connectivity index (χ0v) is 10.7. The van der Waals surface area contributed by atoms with E-state index in [0.29, 0.717) is 0 Å². The van der Waals surface area contributed by atoms with Crippen LogP contribution in [0.2, 0.25) is 0 Å². The number of benzene rings is 1. The molecule has 2 rings (SSSR count). The number of hydrazine groups is 1. The minimum absolute atomic E-state index is 0.0168. The van der Waals surface area contributed by atoms with E-state index in [1.54, 1.807) is 0 Å². The summed E-state index contributed by atoms with van der Waals surface area (Å²) in [5.74, 6) is 2.01. The van der Waals surface area contributed by atoms with Crippen LogP contribution in [0.15, 0.2) is 12.1 Å². The third kappa shape index (κ3) is 1.52. The highest BCUT2D eigenvalue weighted by atomic mass is 16.5. The lowest BCUT2D eigenvalue weighted by atomic mass is 9.98. The quantitative estimate of drug-likeness (QED) is 0.286. The summed E-state index contributed by atoms with van der Waals surface area (Å²) in [6, 6.07) is 2.67. The molecule has 0 fully saturated rings. The number of hydrogen-bond donors (Lipinski definition) is 3. The summed E-state index contributed by atoms with van der Waals surface area (Å²) in [4.78, 5) is 36.0. The highest BCUT2D eigenvalue weighted by Crippen LogP contribution is 2.39. The Bertz CT molecular complexity index is 627. The maximum Gasteiger partial charge on any atom is 0.354 e. The molecule has 0 amide bonds. The SMILES string of the molecule is COC(=O)C1(O)C(=O)c2ccc(OC)c(NN)c2C1=O. The van der Waals surface area contributed by atoms with E-state index in [4.69, 9.17) is 10.6 Å². The maximum atomic E-state index is 12.3. The van der Waals surface area contributed by atoms with Gasteiger partial charge in [-0.2, -0.15) is 0 Å². The van der Waals surface area contributed by atoms with E-state index in [0.717, 1.165) is 7.11 Å². The molecular formula is C12H12N2O6. The highest BCUT2D eigenvalue weighted by molar-refractivity contribution is 6.42. The molecule has 0 saturated carbocycles. The molecule has 1 aromatic carbocycles. The van der Waals surface area contributed by atoms with E-state index in [2.05, 4.69) is 10.2 Å². The number of carbonyl (C=O) groups is 3. The standard InChI is InChI=1S/C12H12N2O6/c1-19-6-4-3-5-7(8(6)14-13)10(16)12(18,9(5)15)11(17)20-2/h3-4,14,18H,13H2,1-2H3. The Labute approximate surface area is 113 Å². The number of fused-ring (bicyclic) bond motifs is 1. The molecule has 8 nitrogen and oxygen atoms in total. The number of Topliss-reactive ketones (excluding diaryl/α,β-unsaturated/α-hetero) is 2. The monoisotopic (exact) mass is 280 g/mol. The van der Waals surface area contributed by atoms with Crippen molar-refractivity contribution in [3.05, 3.63) is 23.3 Å². The molecule has 0 bridgehead atoms. The molecule has 0 spiro atoms. The fourth-order valence-corrected chi connectivity index (χ4v) is 2.13. The average Bonchev–Trinajstić information content (AvgIpc) is 2.68. The fourth-order valence-electron chi connectivity index (χ4n) is 2.13. The molecule has 1 unspecified atom stereocenters. The minimum Gasteiger partial charge on any atom is -0.495 e. The van der Waals surface area contributed by atoms with E-state index in [1.807, 2.05) is 0 Å². The molecule has 8 heteroatoms. The van der Waals surface area contributed by atoms with E-state index >= 15 is 0 Å². The lowest BCUT2D eigenvalue weighted by Gasteiger charge is -2.15. The number of nitrogen functional groups attached to an aromatic ring is 1. The number of ether oxygens (including phenoxy) is 2. The predicted octanol–water partition coefficient (Wildman–Crippen LogP) is -0.736. The van der Waals surface area contributed by atoms with Crippen molar-refractivity contribution in [2.45, 2.75) is 5.60 Å². The third-order valence-electron chi connectivity index (χ3n) is 3.14. The highest BCUT2D eigenvalue weighted by Gasteiger charge is 2.60. The number of anilines is 1. The van der Waals surface area contributed by atoms with Gasteiger partial charge in [0.1, 0.15) is 11.4 Å². The number of nitrogens with two attached hydrogens (primary N) is 1. The lowest BCUT2D eigenvalue weighted by Crippen LogP contribution is -2.49. The van der Waals surface area contributed by atoms with Crippen LogP contribution in [0.1, 0.15) is 20.7 Å². The fraction of sp³-hybridized carbons (Fsp3) is 0.250. The molecule has 0 aromatic heterocycles. The van der Waals surface area contributed by atoms with Gasteiger partial charge >= 0.3 is 5.97 Å². The van der Waals surface area contributed by atoms with Gasteiger partial charge in [0.2, 0.25) is 11.6 Å². The predicted molar refractivity (Wildman–Crippen MR) is 66.4 cm³/mol. The van der Waals surface area contributed by atoms with Crippen LogP contribution in [0.4, 0.5) is 5.69 Å². The van der Waals surface area contributed by atoms with Crippen molar-refractivity contribution in [1.29, 1.82) is 0 Å². The molecule has 0 heterocycles. The molecule has 1 atom stereocenters. The molecule has 0 saturated heterocycles. The number of methoxy groups -OCH3 is 2. The van der Waals surface area contributed by atoms with E-state index < -0.39 is 23.1 Å². The van der Waals surface area contributed by atoms with Crippen molar-refractivity contribution in [2.75, 3.05) is 19.6 Å². The van der Waals surface area contributed by atoms with Crippen LogP contribution in [0.3, 0.4) is 0 Å². The first-order valence-corrected chi connectivity index (χ1v) is 5.51. The van der Waals surface area contributed by atoms with Gasteiger partial charge in [0.15, 0.2) is 0 Å². The van der Waals surface area contributed by atoms with Gasteiger partial charge in [-0.15, -0.1) is 0 Å². The van der Waals surface area contributed by atoms with Crippen molar-refractivity contribution < 1.29 is 29.0 Å². The first-order chi connectivity index (χ1) is 9.43. The second kappa shape index (κ2) is 4.58. The summed E-state index contributed by atoms with van der Waals surface area (Å²) in [5, 5.41) is 10.1. The molecule has 0 radical (unpaired) electrons. The Balaban J connectivity index is 2.72. The first-order valence-electron chi connectivity index (χ1n) is 5.51. The van der Waals surface area contributed by atoms with E-state index in [-0.39, 0.29) is 22.6 Å². The van der Waals surface area contributed by atoms with E-state index in [1.165, 1.54) is 19.2 Å². The summed E-state index contributed by atoms with van der Waals surface area (Å²) >= 11 is 0. The zero-order chi connectivity index (χ0) is 15.1. The van der Waals surface area contributed by atoms with Crippen LogP contribution in [-0.2, 0) is 9.53 Å². The summed E-state index contributed by atoms with van der Waals surface area (Å²) in [5.41, 5.74) is -0.964. The molecule has 1 aromatic rings. The topological polar surface area (TPSA) is 128 Å². The summed E-state index contributed by atoms with van der Waals surface area (Å²) in [6.45, 7) is 0. The normalized spacial score (nSPS) is 20.6. The second-order valence-electron chi connectivity index (χ2n) is 4.07. The lowest BCUT2D eigenvalue weighted by molar-refractivity contribution is -0.152. The third-order valence-corrected chi connectivity index (χ3v) is 3.14. The largest absolute Gasteiger partial charge is 0.495 e. The summed E-state index contributed by atoms with van der Waals surface area (Å²) in [6.07, 6.45) is 0. The Morgan fingerprint density at radius 3 is 2.45 bits per heavy atom. The van der Waals surface area contributed by atoms with Crippen LogP contribution in [0.5, 0.6) is 5.75 Å². The molecule has 0 aliphatic heterocycles. The van der Waals surface area contributed by atoms with Crippen molar-refractivity contribution in [3.63, 3.8) is 0 Å².